The first-order chi connectivity index (χ1) is 12.2. The van der Waals surface area contributed by atoms with Crippen LogP contribution in [0.4, 0.5) is 5.69 Å². The van der Waals surface area contributed by atoms with Crippen LogP contribution in [0.5, 0.6) is 0 Å². The highest BCUT2D eigenvalue weighted by Gasteiger charge is 2.10. The molecule has 4 aromatic rings. The van der Waals surface area contributed by atoms with Crippen LogP contribution in [-0.2, 0) is 0 Å². The molecule has 0 aliphatic rings. The van der Waals surface area contributed by atoms with E-state index >= 15 is 0 Å². The smallest absolute Gasteiger partial charge is 0.255 e. The molecule has 122 valence electrons. The standard InChI is InChI=1S/C20H13ClN2O2/c21-15-7-3-5-13(11-15)19(24)22-16-8-4-6-14(12-16)20-23-17-9-1-2-10-18(17)25-20/h1-12H,(H,22,24). The number of aromatic nitrogens is 1. The number of amides is 1. The number of anilines is 1. The number of oxazole rings is 1. The number of carbonyl (C=O) groups excluding carboxylic acids is 1. The monoisotopic (exact) mass is 348 g/mol. The predicted octanol–water partition coefficient (Wildman–Crippen LogP) is 5.40. The van der Waals surface area contributed by atoms with Gasteiger partial charge in [-0.1, -0.05) is 35.9 Å². The van der Waals surface area contributed by atoms with Crippen molar-refractivity contribution in [2.45, 2.75) is 0 Å². The van der Waals surface area contributed by atoms with Gasteiger partial charge in [0.2, 0.25) is 5.89 Å². The lowest BCUT2D eigenvalue weighted by molar-refractivity contribution is 0.102. The van der Waals surface area contributed by atoms with Crippen LogP contribution in [0.25, 0.3) is 22.6 Å². The number of benzene rings is 3. The molecule has 0 atom stereocenters. The number of fused-ring (bicyclic) bond motifs is 1. The summed E-state index contributed by atoms with van der Waals surface area (Å²) in [4.78, 5) is 16.8. The number of rotatable bonds is 3. The zero-order chi connectivity index (χ0) is 17.2. The average Bonchev–Trinajstić information content (AvgIpc) is 3.06. The summed E-state index contributed by atoms with van der Waals surface area (Å²) in [5.41, 5.74) is 3.47. The molecular formula is C20H13ClN2O2. The number of halogens is 1. The van der Waals surface area contributed by atoms with Gasteiger partial charge in [0.1, 0.15) is 5.52 Å². The van der Waals surface area contributed by atoms with Crippen LogP contribution >= 0.6 is 11.6 Å². The van der Waals surface area contributed by atoms with E-state index in [1.807, 2.05) is 48.5 Å². The van der Waals surface area contributed by atoms with Gasteiger partial charge < -0.3 is 9.73 Å². The van der Waals surface area contributed by atoms with Gasteiger partial charge in [-0.15, -0.1) is 0 Å². The van der Waals surface area contributed by atoms with Crippen molar-refractivity contribution in [3.63, 3.8) is 0 Å². The molecule has 0 unspecified atom stereocenters. The number of carbonyl (C=O) groups is 1. The molecule has 5 heteroatoms. The minimum atomic E-state index is -0.225. The lowest BCUT2D eigenvalue weighted by atomic mass is 10.1. The van der Waals surface area contributed by atoms with E-state index in [0.717, 1.165) is 16.7 Å². The Morgan fingerprint density at radius 1 is 0.960 bits per heavy atom. The molecule has 0 aliphatic heterocycles. The predicted molar refractivity (Wildman–Crippen MR) is 98.9 cm³/mol. The maximum Gasteiger partial charge on any atom is 0.255 e. The molecule has 0 radical (unpaired) electrons. The number of para-hydroxylation sites is 2. The van der Waals surface area contributed by atoms with E-state index < -0.39 is 0 Å². The van der Waals surface area contributed by atoms with Gasteiger partial charge in [0.05, 0.1) is 0 Å². The third kappa shape index (κ3) is 3.25. The van der Waals surface area contributed by atoms with Gasteiger partial charge in [0.15, 0.2) is 5.58 Å². The number of nitrogens with one attached hydrogen (secondary N) is 1. The molecular weight excluding hydrogens is 336 g/mol. The Hall–Kier alpha value is -3.11. The van der Waals surface area contributed by atoms with Gasteiger partial charge in [-0.3, -0.25) is 4.79 Å². The van der Waals surface area contributed by atoms with Crippen molar-refractivity contribution in [3.05, 3.63) is 83.4 Å². The van der Waals surface area contributed by atoms with E-state index in [0.29, 0.717) is 22.2 Å². The SMILES string of the molecule is O=C(Nc1cccc(-c2nc3ccccc3o2)c1)c1cccc(Cl)c1. The molecule has 4 rings (SSSR count). The minimum Gasteiger partial charge on any atom is -0.436 e. The van der Waals surface area contributed by atoms with E-state index in [9.17, 15) is 4.79 Å². The highest BCUT2D eigenvalue weighted by Crippen LogP contribution is 2.26. The summed E-state index contributed by atoms with van der Waals surface area (Å²) in [5.74, 6) is 0.289. The zero-order valence-corrected chi connectivity index (χ0v) is 13.8. The summed E-state index contributed by atoms with van der Waals surface area (Å²) in [6, 6.07) is 21.8. The maximum absolute atomic E-state index is 12.3. The molecule has 3 aromatic carbocycles. The van der Waals surface area contributed by atoms with Crippen molar-refractivity contribution in [1.29, 1.82) is 0 Å². The molecule has 4 nitrogen and oxygen atoms in total. The molecule has 0 saturated heterocycles. The third-order valence-electron chi connectivity index (χ3n) is 3.75. The Labute approximate surface area is 149 Å². The summed E-state index contributed by atoms with van der Waals surface area (Å²) in [7, 11) is 0. The summed E-state index contributed by atoms with van der Waals surface area (Å²) in [6.45, 7) is 0. The minimum absolute atomic E-state index is 0.225. The topological polar surface area (TPSA) is 55.1 Å². The molecule has 0 aliphatic carbocycles. The summed E-state index contributed by atoms with van der Waals surface area (Å²) < 4.78 is 5.77. The van der Waals surface area contributed by atoms with Crippen LogP contribution in [0.2, 0.25) is 5.02 Å². The summed E-state index contributed by atoms with van der Waals surface area (Å²) in [6.07, 6.45) is 0. The highest BCUT2D eigenvalue weighted by atomic mass is 35.5. The zero-order valence-electron chi connectivity index (χ0n) is 13.1. The van der Waals surface area contributed by atoms with Gasteiger partial charge in [0, 0.05) is 21.8 Å². The molecule has 1 aromatic heterocycles. The number of nitrogens with zero attached hydrogens (tertiary/aromatic N) is 1. The van der Waals surface area contributed by atoms with Crippen molar-refractivity contribution in [3.8, 4) is 11.5 Å². The van der Waals surface area contributed by atoms with Gasteiger partial charge in [0.25, 0.3) is 5.91 Å². The fourth-order valence-electron chi connectivity index (χ4n) is 2.56. The Morgan fingerprint density at radius 2 is 1.80 bits per heavy atom. The average molecular weight is 349 g/mol. The summed E-state index contributed by atoms with van der Waals surface area (Å²) >= 11 is 5.94. The van der Waals surface area contributed by atoms with Crippen LogP contribution in [0.3, 0.4) is 0 Å². The molecule has 25 heavy (non-hydrogen) atoms. The number of hydrogen-bond acceptors (Lipinski definition) is 3. The molecule has 0 spiro atoms. The molecule has 0 fully saturated rings. The van der Waals surface area contributed by atoms with Crippen molar-refractivity contribution in [2.24, 2.45) is 0 Å². The van der Waals surface area contributed by atoms with Crippen molar-refractivity contribution < 1.29 is 9.21 Å². The Morgan fingerprint density at radius 3 is 2.64 bits per heavy atom. The van der Waals surface area contributed by atoms with Gasteiger partial charge in [-0.05, 0) is 48.5 Å². The normalized spacial score (nSPS) is 10.8. The van der Waals surface area contributed by atoms with Crippen LogP contribution < -0.4 is 5.32 Å². The molecule has 1 N–H and O–H groups in total. The maximum atomic E-state index is 12.3. The second-order valence-electron chi connectivity index (χ2n) is 5.53. The van der Waals surface area contributed by atoms with Crippen LogP contribution in [-0.4, -0.2) is 10.9 Å². The lowest BCUT2D eigenvalue weighted by Crippen LogP contribution is -2.11. The summed E-state index contributed by atoms with van der Waals surface area (Å²) in [5, 5.41) is 3.38. The molecule has 0 bridgehead atoms. The lowest BCUT2D eigenvalue weighted by Gasteiger charge is -2.06. The fraction of sp³-hybridized carbons (Fsp3) is 0. The quantitative estimate of drug-likeness (QED) is 0.539. The van der Waals surface area contributed by atoms with Crippen molar-refractivity contribution in [2.75, 3.05) is 5.32 Å². The second-order valence-corrected chi connectivity index (χ2v) is 5.97. The molecule has 1 heterocycles. The third-order valence-corrected chi connectivity index (χ3v) is 3.98. The Bertz CT molecular complexity index is 1040. The van der Waals surface area contributed by atoms with E-state index in [1.54, 1.807) is 24.3 Å². The fourth-order valence-corrected chi connectivity index (χ4v) is 2.75. The van der Waals surface area contributed by atoms with Gasteiger partial charge in [-0.25, -0.2) is 4.98 Å². The van der Waals surface area contributed by atoms with E-state index in [1.165, 1.54) is 0 Å². The second kappa shape index (κ2) is 6.42. The van der Waals surface area contributed by atoms with Crippen LogP contribution in [0.1, 0.15) is 10.4 Å². The first-order valence-electron chi connectivity index (χ1n) is 7.72. The largest absolute Gasteiger partial charge is 0.436 e. The van der Waals surface area contributed by atoms with Crippen LogP contribution in [0.15, 0.2) is 77.2 Å². The van der Waals surface area contributed by atoms with Gasteiger partial charge in [-0.2, -0.15) is 0 Å². The van der Waals surface area contributed by atoms with E-state index in [2.05, 4.69) is 10.3 Å². The van der Waals surface area contributed by atoms with Crippen LogP contribution in [0, 0.1) is 0 Å². The van der Waals surface area contributed by atoms with E-state index in [4.69, 9.17) is 16.0 Å². The van der Waals surface area contributed by atoms with E-state index in [-0.39, 0.29) is 5.91 Å². The van der Waals surface area contributed by atoms with Crippen molar-refractivity contribution >= 4 is 34.3 Å². The first-order valence-corrected chi connectivity index (χ1v) is 8.10. The van der Waals surface area contributed by atoms with Crippen molar-refractivity contribution in [1.82, 2.24) is 4.98 Å². The van der Waals surface area contributed by atoms with Gasteiger partial charge >= 0.3 is 0 Å². The molecule has 1 amide bonds. The molecule has 0 saturated carbocycles. The highest BCUT2D eigenvalue weighted by molar-refractivity contribution is 6.31. The number of hydrogen-bond donors (Lipinski definition) is 1. The Kier molecular flexibility index (Phi) is 3.96. The Balaban J connectivity index is 1.62. The first kappa shape index (κ1) is 15.4.